The van der Waals surface area contributed by atoms with Gasteiger partial charge in [-0.05, 0) is 23.8 Å². The first-order valence-corrected chi connectivity index (χ1v) is 9.64. The lowest BCUT2D eigenvalue weighted by Gasteiger charge is -2.11. The van der Waals surface area contributed by atoms with Gasteiger partial charge in [0, 0.05) is 10.9 Å². The van der Waals surface area contributed by atoms with Crippen LogP contribution >= 0.6 is 11.3 Å². The number of methoxy groups -OCH3 is 1. The van der Waals surface area contributed by atoms with Gasteiger partial charge in [-0.3, -0.25) is 10.2 Å². The number of esters is 1. The molecule has 0 aliphatic heterocycles. The quantitative estimate of drug-likeness (QED) is 0.269. The third kappa shape index (κ3) is 4.95. The van der Waals surface area contributed by atoms with Gasteiger partial charge in [-0.2, -0.15) is 5.10 Å². The number of hydrogen-bond donors (Lipinski definition) is 1. The number of nitrogens with zero attached hydrogens (tertiary/aromatic N) is 2. The molecule has 3 aromatic rings. The summed E-state index contributed by atoms with van der Waals surface area (Å²) in [5.74, 6) is 0.339. The van der Waals surface area contributed by atoms with E-state index in [9.17, 15) is 4.79 Å². The number of hydrazone groups is 1. The van der Waals surface area contributed by atoms with Crippen LogP contribution in [0.3, 0.4) is 0 Å². The number of carbonyl (C=O) groups excluding carboxylic acids is 1. The average Bonchev–Trinajstić information content (AvgIpc) is 3.18. The number of nitrogens with one attached hydrogen (secondary N) is 1. The number of aromatic nitrogens is 1. The molecule has 0 unspecified atom stereocenters. The Kier molecular flexibility index (Phi) is 6.39. The minimum Gasteiger partial charge on any atom is -0.493 e. The zero-order valence-electron chi connectivity index (χ0n) is 15.9. The number of hydrogen-bond acceptors (Lipinski definition) is 7. The van der Waals surface area contributed by atoms with Crippen molar-refractivity contribution in [3.05, 3.63) is 59.5 Å². The number of anilines is 1. The zero-order chi connectivity index (χ0) is 19.9. The van der Waals surface area contributed by atoms with Gasteiger partial charge >= 0.3 is 5.97 Å². The van der Waals surface area contributed by atoms with Gasteiger partial charge in [0.2, 0.25) is 5.13 Å². The highest BCUT2D eigenvalue weighted by atomic mass is 32.1. The number of carbonyl (C=O) groups is 1. The molecule has 6 nitrogen and oxygen atoms in total. The van der Waals surface area contributed by atoms with Crippen LogP contribution in [0.5, 0.6) is 11.5 Å². The van der Waals surface area contributed by atoms with Crippen LogP contribution in [0.4, 0.5) is 5.13 Å². The summed E-state index contributed by atoms with van der Waals surface area (Å²) in [6.07, 6.45) is 1.65. The van der Waals surface area contributed by atoms with Crippen molar-refractivity contribution in [3.8, 4) is 22.8 Å². The minimum atomic E-state index is -0.306. The summed E-state index contributed by atoms with van der Waals surface area (Å²) in [5, 5.41) is 6.90. The van der Waals surface area contributed by atoms with E-state index in [1.807, 2.05) is 35.7 Å². The Morgan fingerprint density at radius 3 is 2.68 bits per heavy atom. The Labute approximate surface area is 167 Å². The second-order valence-corrected chi connectivity index (χ2v) is 7.12. The monoisotopic (exact) mass is 395 g/mol. The maximum Gasteiger partial charge on any atom is 0.313 e. The molecule has 144 valence electrons. The van der Waals surface area contributed by atoms with Crippen LogP contribution in [-0.4, -0.2) is 24.3 Å². The van der Waals surface area contributed by atoms with E-state index < -0.39 is 0 Å². The fourth-order valence-corrected chi connectivity index (χ4v) is 2.97. The smallest absolute Gasteiger partial charge is 0.313 e. The third-order valence-corrected chi connectivity index (χ3v) is 4.56. The average molecular weight is 395 g/mol. The summed E-state index contributed by atoms with van der Waals surface area (Å²) >= 11 is 1.48. The molecule has 0 spiro atoms. The molecule has 28 heavy (non-hydrogen) atoms. The zero-order valence-corrected chi connectivity index (χ0v) is 16.7. The Morgan fingerprint density at radius 2 is 1.96 bits per heavy atom. The van der Waals surface area contributed by atoms with E-state index >= 15 is 0 Å². The first kappa shape index (κ1) is 19.6. The largest absolute Gasteiger partial charge is 0.493 e. The van der Waals surface area contributed by atoms with Gasteiger partial charge in [0.05, 0.1) is 24.9 Å². The van der Waals surface area contributed by atoms with Crippen LogP contribution in [-0.2, 0) is 4.79 Å². The van der Waals surface area contributed by atoms with Crippen molar-refractivity contribution in [1.29, 1.82) is 0 Å². The number of rotatable bonds is 7. The van der Waals surface area contributed by atoms with Gasteiger partial charge in [-0.15, -0.1) is 11.3 Å². The van der Waals surface area contributed by atoms with Crippen molar-refractivity contribution < 1.29 is 14.3 Å². The standard InChI is InChI=1S/C21H21N3O3S/c1-14(2)20(25)27-18-10-9-15(11-19(18)26-3)12-22-24-21-23-17(13-28-21)16-7-5-4-6-8-16/h4-14H,1-3H3,(H,23,24). The van der Waals surface area contributed by atoms with Crippen LogP contribution < -0.4 is 14.9 Å². The lowest BCUT2D eigenvalue weighted by Crippen LogP contribution is -2.15. The Morgan fingerprint density at radius 1 is 1.18 bits per heavy atom. The van der Waals surface area contributed by atoms with Crippen LogP contribution in [0.1, 0.15) is 19.4 Å². The molecule has 7 heteroatoms. The van der Waals surface area contributed by atoms with E-state index in [0.717, 1.165) is 16.8 Å². The molecule has 0 fully saturated rings. The molecule has 0 aliphatic rings. The Bertz CT molecular complexity index is 968. The predicted octanol–water partition coefficient (Wildman–Crippen LogP) is 4.83. The summed E-state index contributed by atoms with van der Waals surface area (Å²) in [7, 11) is 1.53. The molecule has 0 radical (unpaired) electrons. The van der Waals surface area contributed by atoms with E-state index in [4.69, 9.17) is 9.47 Å². The van der Waals surface area contributed by atoms with Crippen molar-refractivity contribution in [2.45, 2.75) is 13.8 Å². The van der Waals surface area contributed by atoms with Crippen molar-refractivity contribution in [3.63, 3.8) is 0 Å². The molecule has 0 bridgehead atoms. The second-order valence-electron chi connectivity index (χ2n) is 6.26. The van der Waals surface area contributed by atoms with Crippen molar-refractivity contribution in [1.82, 2.24) is 4.98 Å². The number of ether oxygens (including phenoxy) is 2. The SMILES string of the molecule is COc1cc(C=NNc2nc(-c3ccccc3)cs2)ccc1OC(=O)C(C)C. The summed E-state index contributed by atoms with van der Waals surface area (Å²) in [5.41, 5.74) is 5.70. The van der Waals surface area contributed by atoms with Gasteiger partial charge in [-0.25, -0.2) is 4.98 Å². The summed E-state index contributed by atoms with van der Waals surface area (Å²) in [6, 6.07) is 15.2. The highest BCUT2D eigenvalue weighted by Crippen LogP contribution is 2.28. The normalized spacial score (nSPS) is 11.0. The number of thiazole rings is 1. The molecule has 3 rings (SSSR count). The fraction of sp³-hybridized carbons (Fsp3) is 0.190. The van der Waals surface area contributed by atoms with E-state index in [1.54, 1.807) is 38.3 Å². The minimum absolute atomic E-state index is 0.214. The van der Waals surface area contributed by atoms with E-state index in [-0.39, 0.29) is 11.9 Å². The molecule has 0 atom stereocenters. The third-order valence-electron chi connectivity index (χ3n) is 3.82. The van der Waals surface area contributed by atoms with Crippen molar-refractivity contribution in [2.75, 3.05) is 12.5 Å². The maximum absolute atomic E-state index is 11.8. The molecule has 0 saturated heterocycles. The Hall–Kier alpha value is -3.19. The van der Waals surface area contributed by atoms with Gasteiger partial charge in [0.1, 0.15) is 0 Å². The molecule has 0 amide bonds. The van der Waals surface area contributed by atoms with Crippen LogP contribution in [0.25, 0.3) is 11.3 Å². The van der Waals surface area contributed by atoms with Gasteiger partial charge < -0.3 is 9.47 Å². The lowest BCUT2D eigenvalue weighted by molar-refractivity contribution is -0.137. The van der Waals surface area contributed by atoms with Crippen LogP contribution in [0, 0.1) is 5.92 Å². The molecule has 1 heterocycles. The van der Waals surface area contributed by atoms with Crippen LogP contribution in [0.15, 0.2) is 59.0 Å². The van der Waals surface area contributed by atoms with E-state index in [2.05, 4.69) is 15.5 Å². The molecule has 1 N–H and O–H groups in total. The van der Waals surface area contributed by atoms with E-state index in [1.165, 1.54) is 18.4 Å². The lowest BCUT2D eigenvalue weighted by atomic mass is 10.2. The molecule has 0 saturated carbocycles. The summed E-state index contributed by atoms with van der Waals surface area (Å²) in [6.45, 7) is 3.56. The number of benzene rings is 2. The summed E-state index contributed by atoms with van der Waals surface area (Å²) < 4.78 is 10.7. The van der Waals surface area contributed by atoms with Crippen molar-refractivity contribution in [2.24, 2.45) is 11.0 Å². The predicted molar refractivity (Wildman–Crippen MR) is 112 cm³/mol. The molecular formula is C21H21N3O3S. The maximum atomic E-state index is 11.8. The fourth-order valence-electron chi connectivity index (χ4n) is 2.30. The van der Waals surface area contributed by atoms with Crippen molar-refractivity contribution >= 4 is 28.7 Å². The van der Waals surface area contributed by atoms with Crippen LogP contribution in [0.2, 0.25) is 0 Å². The first-order valence-electron chi connectivity index (χ1n) is 8.76. The molecular weight excluding hydrogens is 374 g/mol. The topological polar surface area (TPSA) is 72.8 Å². The highest BCUT2D eigenvalue weighted by molar-refractivity contribution is 7.14. The van der Waals surface area contributed by atoms with Gasteiger partial charge in [-0.1, -0.05) is 44.2 Å². The Balaban J connectivity index is 1.66. The first-order chi connectivity index (χ1) is 13.6. The molecule has 1 aromatic heterocycles. The van der Waals surface area contributed by atoms with Gasteiger partial charge in [0.15, 0.2) is 11.5 Å². The molecule has 0 aliphatic carbocycles. The highest BCUT2D eigenvalue weighted by Gasteiger charge is 2.13. The summed E-state index contributed by atoms with van der Waals surface area (Å²) in [4.78, 5) is 16.3. The molecule has 2 aromatic carbocycles. The second kappa shape index (κ2) is 9.14. The van der Waals surface area contributed by atoms with E-state index in [0.29, 0.717) is 16.6 Å². The van der Waals surface area contributed by atoms with Gasteiger partial charge in [0.25, 0.3) is 0 Å².